The Bertz CT molecular complexity index is 364. The summed E-state index contributed by atoms with van der Waals surface area (Å²) in [5, 5.41) is 3.56. The topological polar surface area (TPSA) is 50.5 Å². The van der Waals surface area contributed by atoms with Crippen LogP contribution in [0.1, 0.15) is 12.5 Å². The number of hydrogen-bond donors (Lipinski definition) is 2. The van der Waals surface area contributed by atoms with E-state index in [2.05, 4.69) is 43.4 Å². The molecular formula is C15H27N3O. The number of rotatable bonds is 8. The van der Waals surface area contributed by atoms with Crippen LogP contribution in [0.25, 0.3) is 0 Å². The summed E-state index contributed by atoms with van der Waals surface area (Å²) in [6, 6.07) is 8.18. The second-order valence-corrected chi connectivity index (χ2v) is 5.52. The average Bonchev–Trinajstić information content (AvgIpc) is 2.39. The molecule has 1 aromatic carbocycles. The number of nitrogens with zero attached hydrogens (tertiary/aromatic N) is 1. The average molecular weight is 265 g/mol. The molecule has 0 aliphatic rings. The molecule has 0 aliphatic heterocycles. The number of benzene rings is 1. The van der Waals surface area contributed by atoms with Crippen LogP contribution in [0.3, 0.4) is 0 Å². The van der Waals surface area contributed by atoms with Gasteiger partial charge in [0, 0.05) is 25.2 Å². The minimum atomic E-state index is -0.0649. The van der Waals surface area contributed by atoms with Gasteiger partial charge in [0.15, 0.2) is 0 Å². The number of nitrogens with two attached hydrogens (primary N) is 1. The quantitative estimate of drug-likeness (QED) is 0.739. The lowest BCUT2D eigenvalue weighted by atomic mass is 9.92. The lowest BCUT2D eigenvalue weighted by molar-refractivity contribution is 0.323. The fraction of sp³-hybridized carbons (Fsp3) is 0.600. The minimum Gasteiger partial charge on any atom is -0.497 e. The number of methoxy groups -OCH3 is 1. The Labute approximate surface area is 116 Å². The minimum absolute atomic E-state index is 0.0649. The van der Waals surface area contributed by atoms with E-state index in [1.807, 2.05) is 12.1 Å². The fourth-order valence-electron chi connectivity index (χ4n) is 1.98. The molecular weight excluding hydrogens is 238 g/mol. The van der Waals surface area contributed by atoms with Crippen molar-refractivity contribution in [3.63, 3.8) is 0 Å². The van der Waals surface area contributed by atoms with E-state index in [1.165, 1.54) is 5.56 Å². The standard InChI is InChI=1S/C15H27N3O/c1-15(12-16,17-9-10-18(2)3)11-13-5-7-14(19-4)8-6-13/h5-8,17H,9-12,16H2,1-4H3. The van der Waals surface area contributed by atoms with Crippen LogP contribution in [0, 0.1) is 0 Å². The number of hydrogen-bond acceptors (Lipinski definition) is 4. The summed E-state index contributed by atoms with van der Waals surface area (Å²) in [7, 11) is 5.83. The van der Waals surface area contributed by atoms with Gasteiger partial charge in [-0.3, -0.25) is 0 Å². The van der Waals surface area contributed by atoms with Crippen LogP contribution in [0.5, 0.6) is 5.75 Å². The molecule has 0 amide bonds. The van der Waals surface area contributed by atoms with Crippen molar-refractivity contribution in [2.24, 2.45) is 5.73 Å². The van der Waals surface area contributed by atoms with Crippen molar-refractivity contribution in [2.45, 2.75) is 18.9 Å². The van der Waals surface area contributed by atoms with Crippen LogP contribution < -0.4 is 15.8 Å². The summed E-state index contributed by atoms with van der Waals surface area (Å²) < 4.78 is 5.17. The third-order valence-electron chi connectivity index (χ3n) is 3.31. The van der Waals surface area contributed by atoms with Gasteiger partial charge >= 0.3 is 0 Å². The first-order chi connectivity index (χ1) is 8.99. The molecule has 3 N–H and O–H groups in total. The molecule has 1 aromatic rings. The van der Waals surface area contributed by atoms with Gasteiger partial charge in [-0.05, 0) is 45.1 Å². The highest BCUT2D eigenvalue weighted by molar-refractivity contribution is 5.28. The molecule has 0 aliphatic carbocycles. The number of nitrogens with one attached hydrogen (secondary N) is 1. The molecule has 0 fully saturated rings. The van der Waals surface area contributed by atoms with E-state index < -0.39 is 0 Å². The molecule has 1 rings (SSSR count). The van der Waals surface area contributed by atoms with Crippen molar-refractivity contribution in [3.05, 3.63) is 29.8 Å². The van der Waals surface area contributed by atoms with Crippen molar-refractivity contribution in [1.29, 1.82) is 0 Å². The van der Waals surface area contributed by atoms with Crippen molar-refractivity contribution < 1.29 is 4.74 Å². The van der Waals surface area contributed by atoms with Crippen molar-refractivity contribution in [2.75, 3.05) is 40.8 Å². The Morgan fingerprint density at radius 2 is 1.89 bits per heavy atom. The predicted molar refractivity (Wildman–Crippen MR) is 80.7 cm³/mol. The Morgan fingerprint density at radius 3 is 2.37 bits per heavy atom. The predicted octanol–water partition coefficient (Wildman–Crippen LogP) is 1.11. The largest absolute Gasteiger partial charge is 0.497 e. The van der Waals surface area contributed by atoms with Crippen molar-refractivity contribution >= 4 is 0 Å². The normalized spacial score (nSPS) is 14.4. The van der Waals surface area contributed by atoms with Gasteiger partial charge in [0.05, 0.1) is 7.11 Å². The summed E-state index contributed by atoms with van der Waals surface area (Å²) in [6.07, 6.45) is 0.918. The van der Waals surface area contributed by atoms with Gasteiger partial charge in [-0.1, -0.05) is 12.1 Å². The maximum atomic E-state index is 5.93. The van der Waals surface area contributed by atoms with Gasteiger partial charge in [0.2, 0.25) is 0 Å². The molecule has 0 saturated heterocycles. The van der Waals surface area contributed by atoms with Crippen LogP contribution >= 0.6 is 0 Å². The maximum absolute atomic E-state index is 5.93. The molecule has 0 saturated carbocycles. The van der Waals surface area contributed by atoms with Crippen molar-refractivity contribution in [3.8, 4) is 5.75 Å². The van der Waals surface area contributed by atoms with E-state index in [4.69, 9.17) is 10.5 Å². The third-order valence-corrected chi connectivity index (χ3v) is 3.31. The molecule has 1 unspecified atom stereocenters. The number of ether oxygens (including phenoxy) is 1. The van der Waals surface area contributed by atoms with Crippen LogP contribution in [0.2, 0.25) is 0 Å². The molecule has 19 heavy (non-hydrogen) atoms. The van der Waals surface area contributed by atoms with E-state index >= 15 is 0 Å². The Morgan fingerprint density at radius 1 is 1.26 bits per heavy atom. The molecule has 0 aromatic heterocycles. The third kappa shape index (κ3) is 5.59. The molecule has 0 spiro atoms. The van der Waals surface area contributed by atoms with Crippen LogP contribution in [-0.4, -0.2) is 51.3 Å². The van der Waals surface area contributed by atoms with E-state index in [9.17, 15) is 0 Å². The first-order valence-electron chi connectivity index (χ1n) is 6.72. The SMILES string of the molecule is COc1ccc(CC(C)(CN)NCCN(C)C)cc1. The maximum Gasteiger partial charge on any atom is 0.118 e. The van der Waals surface area contributed by atoms with Gasteiger partial charge in [-0.2, -0.15) is 0 Å². The molecule has 0 heterocycles. The van der Waals surface area contributed by atoms with E-state index in [0.717, 1.165) is 25.3 Å². The van der Waals surface area contributed by atoms with E-state index in [0.29, 0.717) is 6.54 Å². The zero-order valence-electron chi connectivity index (χ0n) is 12.6. The van der Waals surface area contributed by atoms with E-state index in [1.54, 1.807) is 7.11 Å². The van der Waals surface area contributed by atoms with Crippen molar-refractivity contribution in [1.82, 2.24) is 10.2 Å². The molecule has 108 valence electrons. The highest BCUT2D eigenvalue weighted by Gasteiger charge is 2.21. The lowest BCUT2D eigenvalue weighted by Crippen LogP contribution is -2.52. The monoisotopic (exact) mass is 265 g/mol. The Kier molecular flexibility index (Phi) is 6.28. The smallest absolute Gasteiger partial charge is 0.118 e. The highest BCUT2D eigenvalue weighted by Crippen LogP contribution is 2.16. The molecule has 0 radical (unpaired) electrons. The zero-order chi connectivity index (χ0) is 14.3. The first kappa shape index (κ1) is 16.0. The van der Waals surface area contributed by atoms with Gasteiger partial charge in [-0.15, -0.1) is 0 Å². The Hall–Kier alpha value is -1.10. The number of likely N-dealkylation sites (N-methyl/N-ethyl adjacent to an activating group) is 1. The summed E-state index contributed by atoms with van der Waals surface area (Å²) in [5.41, 5.74) is 7.13. The van der Waals surface area contributed by atoms with Crippen LogP contribution in [0.15, 0.2) is 24.3 Å². The molecule has 4 nitrogen and oxygen atoms in total. The lowest BCUT2D eigenvalue weighted by Gasteiger charge is -2.30. The molecule has 1 atom stereocenters. The van der Waals surface area contributed by atoms with E-state index in [-0.39, 0.29) is 5.54 Å². The zero-order valence-corrected chi connectivity index (χ0v) is 12.6. The molecule has 4 heteroatoms. The second kappa shape index (κ2) is 7.48. The summed E-state index contributed by atoms with van der Waals surface area (Å²) in [6.45, 7) is 4.74. The van der Waals surface area contributed by atoms with Gasteiger partial charge in [0.25, 0.3) is 0 Å². The highest BCUT2D eigenvalue weighted by atomic mass is 16.5. The van der Waals surface area contributed by atoms with Crippen LogP contribution in [-0.2, 0) is 6.42 Å². The summed E-state index contributed by atoms with van der Waals surface area (Å²) in [4.78, 5) is 2.16. The molecule has 0 bridgehead atoms. The fourth-order valence-corrected chi connectivity index (χ4v) is 1.98. The first-order valence-corrected chi connectivity index (χ1v) is 6.72. The van der Waals surface area contributed by atoms with Crippen LogP contribution in [0.4, 0.5) is 0 Å². The van der Waals surface area contributed by atoms with Gasteiger partial charge < -0.3 is 20.7 Å². The second-order valence-electron chi connectivity index (χ2n) is 5.52. The van der Waals surface area contributed by atoms with Gasteiger partial charge in [0.1, 0.15) is 5.75 Å². The summed E-state index contributed by atoms with van der Waals surface area (Å²) in [5.74, 6) is 0.888. The van der Waals surface area contributed by atoms with Gasteiger partial charge in [-0.25, -0.2) is 0 Å². The summed E-state index contributed by atoms with van der Waals surface area (Å²) >= 11 is 0. The Balaban J connectivity index is 2.57.